The van der Waals surface area contributed by atoms with Crippen LogP contribution >= 0.6 is 11.6 Å². The molecule has 0 aromatic heterocycles. The van der Waals surface area contributed by atoms with Crippen LogP contribution in [0.15, 0.2) is 54.2 Å². The molecule has 2 rings (SSSR count). The quantitative estimate of drug-likeness (QED) is 0.314. The molecule has 4 nitrogen and oxygen atoms in total. The van der Waals surface area contributed by atoms with Gasteiger partial charge in [-0.05, 0) is 42.3 Å². The van der Waals surface area contributed by atoms with E-state index in [4.69, 9.17) is 16.9 Å². The maximum Gasteiger partial charge on any atom is 0.417 e. The minimum absolute atomic E-state index is 0.150. The van der Waals surface area contributed by atoms with Crippen LogP contribution in [0.2, 0.25) is 5.02 Å². The molecule has 9 heteroatoms. The predicted molar refractivity (Wildman–Crippen MR) is 96.9 cm³/mol. The Morgan fingerprint density at radius 1 is 1.21 bits per heavy atom. The summed E-state index contributed by atoms with van der Waals surface area (Å²) in [6, 6.07) is 10.5. The van der Waals surface area contributed by atoms with Crippen molar-refractivity contribution in [2.75, 3.05) is 11.9 Å². The predicted octanol–water partition coefficient (Wildman–Crippen LogP) is 4.68. The summed E-state index contributed by atoms with van der Waals surface area (Å²) in [4.78, 5) is 12.1. The number of carbonyl (C=O) groups is 1. The molecule has 2 aromatic rings. The summed E-state index contributed by atoms with van der Waals surface area (Å²) in [5.41, 5.74) is -0.849. The fourth-order valence-electron chi connectivity index (χ4n) is 2.25. The van der Waals surface area contributed by atoms with Crippen molar-refractivity contribution in [1.29, 1.82) is 5.26 Å². The molecule has 146 valence electrons. The topological polar surface area (TPSA) is 64.9 Å². The second-order valence-electron chi connectivity index (χ2n) is 5.65. The van der Waals surface area contributed by atoms with E-state index in [0.717, 1.165) is 17.8 Å². The van der Waals surface area contributed by atoms with Gasteiger partial charge in [0.25, 0.3) is 5.91 Å². The van der Waals surface area contributed by atoms with Gasteiger partial charge in [-0.3, -0.25) is 4.79 Å². The van der Waals surface area contributed by atoms with Crippen LogP contribution < -0.4 is 10.6 Å². The zero-order valence-corrected chi connectivity index (χ0v) is 15.0. The first-order chi connectivity index (χ1) is 13.2. The van der Waals surface area contributed by atoms with Crippen LogP contribution in [0.1, 0.15) is 11.1 Å². The number of nitrogens with zero attached hydrogens (tertiary/aromatic N) is 1. The normalized spacial score (nSPS) is 11.6. The third-order valence-electron chi connectivity index (χ3n) is 3.59. The lowest BCUT2D eigenvalue weighted by Gasteiger charge is -2.11. The number of amides is 1. The monoisotopic (exact) mass is 411 g/mol. The van der Waals surface area contributed by atoms with Gasteiger partial charge < -0.3 is 10.6 Å². The lowest BCUT2D eigenvalue weighted by Crippen LogP contribution is -2.18. The van der Waals surface area contributed by atoms with Crippen LogP contribution in [0, 0.1) is 17.1 Å². The second-order valence-corrected chi connectivity index (χ2v) is 6.06. The molecule has 2 N–H and O–H groups in total. The summed E-state index contributed by atoms with van der Waals surface area (Å²) in [5, 5.41) is 13.6. The van der Waals surface area contributed by atoms with E-state index in [2.05, 4.69) is 10.6 Å². The Balaban J connectivity index is 1.99. The molecule has 0 unspecified atom stereocenters. The number of carbonyl (C=O) groups excluding carboxylic acids is 1. The van der Waals surface area contributed by atoms with Crippen molar-refractivity contribution in [1.82, 2.24) is 5.32 Å². The van der Waals surface area contributed by atoms with Gasteiger partial charge >= 0.3 is 6.18 Å². The first-order valence-electron chi connectivity index (χ1n) is 7.97. The minimum atomic E-state index is -4.68. The Kier molecular flexibility index (Phi) is 7.01. The van der Waals surface area contributed by atoms with Crippen molar-refractivity contribution >= 4 is 23.2 Å². The highest BCUT2D eigenvalue weighted by Gasteiger charge is 2.33. The van der Waals surface area contributed by atoms with Gasteiger partial charge in [-0.25, -0.2) is 4.39 Å². The van der Waals surface area contributed by atoms with Gasteiger partial charge in [0.15, 0.2) is 0 Å². The SMILES string of the molecule is N#C/C(=C/NCCc1cccc(F)c1)C(=O)Nc1ccc(Cl)c(C(F)(F)F)c1. The molecule has 2 aromatic carbocycles. The lowest BCUT2D eigenvalue weighted by molar-refractivity contribution is -0.137. The van der Waals surface area contributed by atoms with E-state index in [0.29, 0.717) is 19.0 Å². The van der Waals surface area contributed by atoms with E-state index < -0.39 is 22.7 Å². The molecule has 0 saturated carbocycles. The number of nitrogens with one attached hydrogen (secondary N) is 2. The van der Waals surface area contributed by atoms with Crippen molar-refractivity contribution < 1.29 is 22.4 Å². The summed E-state index contributed by atoms with van der Waals surface area (Å²) in [6.07, 6.45) is -3.08. The average molecular weight is 412 g/mol. The summed E-state index contributed by atoms with van der Waals surface area (Å²) >= 11 is 5.52. The van der Waals surface area contributed by atoms with Crippen molar-refractivity contribution in [3.63, 3.8) is 0 Å². The van der Waals surface area contributed by atoms with Crippen LogP contribution in [-0.2, 0) is 17.4 Å². The van der Waals surface area contributed by atoms with Crippen molar-refractivity contribution in [2.45, 2.75) is 12.6 Å². The molecule has 0 spiro atoms. The highest BCUT2D eigenvalue weighted by Crippen LogP contribution is 2.36. The van der Waals surface area contributed by atoms with Crippen LogP contribution in [0.25, 0.3) is 0 Å². The third kappa shape index (κ3) is 5.99. The van der Waals surface area contributed by atoms with Crippen LogP contribution in [-0.4, -0.2) is 12.5 Å². The van der Waals surface area contributed by atoms with E-state index in [1.54, 1.807) is 18.2 Å². The maximum absolute atomic E-state index is 13.1. The summed E-state index contributed by atoms with van der Waals surface area (Å²) in [5.74, 6) is -1.25. The molecular formula is C19H14ClF4N3O. The number of nitriles is 1. The molecule has 0 heterocycles. The third-order valence-corrected chi connectivity index (χ3v) is 3.92. The molecule has 0 radical (unpaired) electrons. The molecular weight excluding hydrogens is 398 g/mol. The number of benzene rings is 2. The number of alkyl halides is 3. The van der Waals surface area contributed by atoms with Crippen LogP contribution in [0.4, 0.5) is 23.2 Å². The average Bonchev–Trinajstić information content (AvgIpc) is 2.62. The Bertz CT molecular complexity index is 936. The molecule has 28 heavy (non-hydrogen) atoms. The number of rotatable bonds is 6. The highest BCUT2D eigenvalue weighted by atomic mass is 35.5. The molecule has 0 saturated heterocycles. The Labute approximate surface area is 163 Å². The summed E-state index contributed by atoms with van der Waals surface area (Å²) < 4.78 is 51.7. The van der Waals surface area contributed by atoms with Gasteiger partial charge in [-0.1, -0.05) is 23.7 Å². The van der Waals surface area contributed by atoms with Crippen molar-refractivity contribution in [3.05, 3.63) is 76.2 Å². The summed E-state index contributed by atoms with van der Waals surface area (Å²) in [6.45, 7) is 0.321. The standard InChI is InChI=1S/C19H14ClF4N3O/c20-17-5-4-15(9-16(17)19(22,23)24)27-18(28)13(10-25)11-26-7-6-12-2-1-3-14(21)8-12/h1-5,8-9,11,26H,6-7H2,(H,27,28)/b13-11-. The molecule has 0 aliphatic heterocycles. The number of hydrogen-bond acceptors (Lipinski definition) is 3. The second kappa shape index (κ2) is 9.24. The van der Waals surface area contributed by atoms with Gasteiger partial charge in [-0.15, -0.1) is 0 Å². The fraction of sp³-hybridized carbons (Fsp3) is 0.158. The van der Waals surface area contributed by atoms with E-state index in [9.17, 15) is 22.4 Å². The molecule has 0 aliphatic carbocycles. The summed E-state index contributed by atoms with van der Waals surface area (Å²) in [7, 11) is 0. The Morgan fingerprint density at radius 2 is 1.96 bits per heavy atom. The minimum Gasteiger partial charge on any atom is -0.389 e. The Hall–Kier alpha value is -3.05. The van der Waals surface area contributed by atoms with E-state index >= 15 is 0 Å². The number of halogens is 5. The number of hydrogen-bond donors (Lipinski definition) is 2. The maximum atomic E-state index is 13.1. The van der Waals surface area contributed by atoms with Gasteiger partial charge in [-0.2, -0.15) is 18.4 Å². The van der Waals surface area contributed by atoms with Crippen molar-refractivity contribution in [2.24, 2.45) is 0 Å². The molecule has 0 bridgehead atoms. The van der Waals surface area contributed by atoms with E-state index in [1.165, 1.54) is 18.2 Å². The smallest absolute Gasteiger partial charge is 0.389 e. The molecule has 0 fully saturated rings. The molecule has 0 aliphatic rings. The fourth-order valence-corrected chi connectivity index (χ4v) is 2.48. The van der Waals surface area contributed by atoms with Gasteiger partial charge in [0.2, 0.25) is 0 Å². The number of anilines is 1. The highest BCUT2D eigenvalue weighted by molar-refractivity contribution is 6.31. The lowest BCUT2D eigenvalue weighted by atomic mass is 10.1. The van der Waals surface area contributed by atoms with Gasteiger partial charge in [0.05, 0.1) is 10.6 Å². The first-order valence-corrected chi connectivity index (χ1v) is 8.34. The van der Waals surface area contributed by atoms with Gasteiger partial charge in [0, 0.05) is 18.4 Å². The van der Waals surface area contributed by atoms with Crippen molar-refractivity contribution in [3.8, 4) is 6.07 Å². The molecule has 0 atom stereocenters. The van der Waals surface area contributed by atoms with Crippen LogP contribution in [0.5, 0.6) is 0 Å². The zero-order valence-electron chi connectivity index (χ0n) is 14.3. The molecule has 1 amide bonds. The zero-order chi connectivity index (χ0) is 20.7. The Morgan fingerprint density at radius 3 is 2.61 bits per heavy atom. The van der Waals surface area contributed by atoms with E-state index in [-0.39, 0.29) is 17.1 Å². The van der Waals surface area contributed by atoms with Gasteiger partial charge in [0.1, 0.15) is 17.5 Å². The van der Waals surface area contributed by atoms with E-state index in [1.807, 2.05) is 0 Å². The first kappa shape index (κ1) is 21.3. The largest absolute Gasteiger partial charge is 0.417 e. The van der Waals surface area contributed by atoms with Crippen LogP contribution in [0.3, 0.4) is 0 Å².